The van der Waals surface area contributed by atoms with Gasteiger partial charge in [-0.05, 0) is 6.42 Å². The van der Waals surface area contributed by atoms with Gasteiger partial charge in [0.1, 0.15) is 0 Å². The van der Waals surface area contributed by atoms with Crippen LogP contribution in [0, 0.1) is 17.2 Å². The minimum atomic E-state index is -4.20. The molecule has 0 fully saturated rings. The molecule has 0 saturated carbocycles. The Labute approximate surface area is 57.5 Å². The summed E-state index contributed by atoms with van der Waals surface area (Å²) in [5, 5.41) is 8.14. The Hall–Kier alpha value is -0.720. The molecule has 0 aromatic heterocycles. The Kier molecular flexibility index (Phi) is 3.20. The van der Waals surface area contributed by atoms with E-state index >= 15 is 0 Å². The first kappa shape index (κ1) is 9.28. The summed E-state index contributed by atoms with van der Waals surface area (Å²) in [6.07, 6.45) is -4.92. The van der Waals surface area contributed by atoms with Crippen LogP contribution in [0.15, 0.2) is 0 Å². The highest BCUT2D eigenvalue weighted by atomic mass is 19.4. The molecule has 0 saturated heterocycles. The maximum atomic E-state index is 11.5. The van der Waals surface area contributed by atoms with Crippen molar-refractivity contribution in [2.45, 2.75) is 25.9 Å². The molecule has 1 unspecified atom stereocenters. The predicted octanol–water partition coefficient (Wildman–Crippen LogP) is 2.49. The van der Waals surface area contributed by atoms with E-state index in [0.29, 0.717) is 0 Å². The Morgan fingerprint density at radius 1 is 1.50 bits per heavy atom. The minimum absolute atomic E-state index is 0.260. The van der Waals surface area contributed by atoms with Crippen molar-refractivity contribution in [3.63, 3.8) is 0 Å². The fourth-order valence-electron chi connectivity index (χ4n) is 0.561. The van der Waals surface area contributed by atoms with Crippen molar-refractivity contribution >= 4 is 0 Å². The van der Waals surface area contributed by atoms with Crippen LogP contribution < -0.4 is 0 Å². The van der Waals surface area contributed by atoms with E-state index in [1.54, 1.807) is 13.0 Å². The number of nitriles is 1. The topological polar surface area (TPSA) is 23.8 Å². The van der Waals surface area contributed by atoms with Crippen molar-refractivity contribution < 1.29 is 13.2 Å². The van der Waals surface area contributed by atoms with Gasteiger partial charge in [-0.1, -0.05) is 6.92 Å². The predicted molar refractivity (Wildman–Crippen MR) is 30.1 cm³/mol. The highest BCUT2D eigenvalue weighted by molar-refractivity contribution is 4.83. The summed E-state index contributed by atoms with van der Waals surface area (Å²) in [6.45, 7) is 1.57. The molecule has 4 heteroatoms. The van der Waals surface area contributed by atoms with Gasteiger partial charge in [0.2, 0.25) is 0 Å². The third-order valence-electron chi connectivity index (χ3n) is 1.15. The van der Waals surface area contributed by atoms with Crippen LogP contribution in [0.3, 0.4) is 0 Å². The van der Waals surface area contributed by atoms with Crippen molar-refractivity contribution in [3.8, 4) is 6.07 Å². The molecule has 0 rings (SSSR count). The number of rotatable bonds is 2. The average Bonchev–Trinajstić information content (AvgIpc) is 1.81. The van der Waals surface area contributed by atoms with E-state index in [-0.39, 0.29) is 6.42 Å². The molecule has 58 valence electrons. The fraction of sp³-hybridized carbons (Fsp3) is 0.833. The zero-order chi connectivity index (χ0) is 8.20. The second-order valence-corrected chi connectivity index (χ2v) is 2.05. The van der Waals surface area contributed by atoms with Crippen LogP contribution in [-0.4, -0.2) is 6.18 Å². The number of nitrogens with zero attached hydrogens (tertiary/aromatic N) is 1. The lowest BCUT2D eigenvalue weighted by Gasteiger charge is -2.08. The van der Waals surface area contributed by atoms with Crippen LogP contribution in [0.1, 0.15) is 19.8 Å². The fourth-order valence-corrected chi connectivity index (χ4v) is 0.561. The molecule has 0 radical (unpaired) electrons. The van der Waals surface area contributed by atoms with Gasteiger partial charge >= 0.3 is 6.18 Å². The Balaban J connectivity index is 3.78. The molecule has 10 heavy (non-hydrogen) atoms. The molecule has 0 N–H and O–H groups in total. The Morgan fingerprint density at radius 2 is 2.00 bits per heavy atom. The Morgan fingerprint density at radius 3 is 2.10 bits per heavy atom. The number of hydrogen-bond donors (Lipinski definition) is 0. The highest BCUT2D eigenvalue weighted by Gasteiger charge is 2.30. The average molecular weight is 151 g/mol. The second-order valence-electron chi connectivity index (χ2n) is 2.05. The monoisotopic (exact) mass is 151 g/mol. The molecule has 0 spiro atoms. The van der Waals surface area contributed by atoms with Crippen molar-refractivity contribution in [2.75, 3.05) is 0 Å². The summed E-state index contributed by atoms with van der Waals surface area (Å²) >= 11 is 0. The van der Waals surface area contributed by atoms with Crippen molar-refractivity contribution in [1.82, 2.24) is 0 Å². The lowest BCUT2D eigenvalue weighted by atomic mass is 10.0. The molecule has 1 atom stereocenters. The molecule has 0 aromatic rings. The van der Waals surface area contributed by atoms with E-state index < -0.39 is 18.5 Å². The third-order valence-corrected chi connectivity index (χ3v) is 1.15. The van der Waals surface area contributed by atoms with Crippen LogP contribution in [0.25, 0.3) is 0 Å². The highest BCUT2D eigenvalue weighted by Crippen LogP contribution is 2.25. The largest absolute Gasteiger partial charge is 0.390 e. The summed E-state index contributed by atoms with van der Waals surface area (Å²) in [7, 11) is 0. The van der Waals surface area contributed by atoms with Crippen LogP contribution in [-0.2, 0) is 0 Å². The summed E-state index contributed by atoms with van der Waals surface area (Å²) < 4.78 is 34.6. The molecule has 1 nitrogen and oxygen atoms in total. The van der Waals surface area contributed by atoms with E-state index in [2.05, 4.69) is 0 Å². The van der Waals surface area contributed by atoms with E-state index in [1.165, 1.54) is 0 Å². The lowest BCUT2D eigenvalue weighted by Crippen LogP contribution is -2.13. The zero-order valence-electron chi connectivity index (χ0n) is 5.57. The number of halogens is 3. The molecule has 0 aliphatic heterocycles. The smallest absolute Gasteiger partial charge is 0.198 e. The van der Waals surface area contributed by atoms with Gasteiger partial charge < -0.3 is 0 Å². The van der Waals surface area contributed by atoms with Gasteiger partial charge in [-0.3, -0.25) is 0 Å². The summed E-state index contributed by atoms with van der Waals surface area (Å²) in [4.78, 5) is 0. The first-order chi connectivity index (χ1) is 4.49. The SMILES string of the molecule is CCC(C#N)CC(F)(F)F. The summed E-state index contributed by atoms with van der Waals surface area (Å²) in [5.41, 5.74) is 0. The molecule has 0 aromatic carbocycles. The van der Waals surface area contributed by atoms with Gasteiger partial charge in [-0.2, -0.15) is 18.4 Å². The van der Waals surface area contributed by atoms with Crippen molar-refractivity contribution in [2.24, 2.45) is 5.92 Å². The summed E-state index contributed by atoms with van der Waals surface area (Å²) in [6, 6.07) is 1.59. The van der Waals surface area contributed by atoms with E-state index in [1.807, 2.05) is 0 Å². The van der Waals surface area contributed by atoms with Crippen molar-refractivity contribution in [3.05, 3.63) is 0 Å². The van der Waals surface area contributed by atoms with Gasteiger partial charge in [0.05, 0.1) is 18.4 Å². The normalized spacial score (nSPS) is 14.3. The second kappa shape index (κ2) is 3.45. The quantitative estimate of drug-likeness (QED) is 0.594. The molecule has 0 amide bonds. The number of hydrogen-bond acceptors (Lipinski definition) is 1. The van der Waals surface area contributed by atoms with Gasteiger partial charge in [-0.25, -0.2) is 0 Å². The Bertz CT molecular complexity index is 133. The zero-order valence-corrected chi connectivity index (χ0v) is 5.57. The first-order valence-electron chi connectivity index (χ1n) is 2.96. The molecule has 0 aliphatic rings. The van der Waals surface area contributed by atoms with Crippen LogP contribution in [0.5, 0.6) is 0 Å². The molecular formula is C6H8F3N. The molecule has 0 heterocycles. The van der Waals surface area contributed by atoms with E-state index in [0.717, 1.165) is 0 Å². The first-order valence-corrected chi connectivity index (χ1v) is 2.96. The van der Waals surface area contributed by atoms with Gasteiger partial charge in [0.15, 0.2) is 0 Å². The lowest BCUT2D eigenvalue weighted by molar-refractivity contribution is -0.140. The number of alkyl halides is 3. The van der Waals surface area contributed by atoms with E-state index in [4.69, 9.17) is 5.26 Å². The minimum Gasteiger partial charge on any atom is -0.198 e. The van der Waals surface area contributed by atoms with Crippen LogP contribution >= 0.6 is 0 Å². The van der Waals surface area contributed by atoms with Crippen molar-refractivity contribution in [1.29, 1.82) is 5.26 Å². The molecule has 0 bridgehead atoms. The van der Waals surface area contributed by atoms with Crippen LogP contribution in [0.4, 0.5) is 13.2 Å². The molecular weight excluding hydrogens is 143 g/mol. The van der Waals surface area contributed by atoms with E-state index in [9.17, 15) is 13.2 Å². The maximum Gasteiger partial charge on any atom is 0.390 e. The third kappa shape index (κ3) is 4.19. The molecule has 0 aliphatic carbocycles. The van der Waals surface area contributed by atoms with Gasteiger partial charge in [0.25, 0.3) is 0 Å². The standard InChI is InChI=1S/C6H8F3N/c1-2-5(4-10)3-6(7,8)9/h5H,2-3H2,1H3. The maximum absolute atomic E-state index is 11.5. The van der Waals surface area contributed by atoms with Gasteiger partial charge in [0, 0.05) is 0 Å². The summed E-state index contributed by atoms with van der Waals surface area (Å²) in [5.74, 6) is -0.875. The van der Waals surface area contributed by atoms with Gasteiger partial charge in [-0.15, -0.1) is 0 Å². The van der Waals surface area contributed by atoms with Crippen LogP contribution in [0.2, 0.25) is 0 Å².